The Morgan fingerprint density at radius 3 is 2.59 bits per heavy atom. The molecule has 1 aromatic carbocycles. The SMILES string of the molecule is COC(=O)c1ccc(Cl)c(NC(=O)c2cc3ccc(N4CCN(C)CC4)nc3[nH]c2=O)c1. The van der Waals surface area contributed by atoms with Crippen LogP contribution in [0.15, 0.2) is 41.2 Å². The summed E-state index contributed by atoms with van der Waals surface area (Å²) in [7, 11) is 3.33. The Morgan fingerprint density at radius 2 is 1.88 bits per heavy atom. The number of likely N-dealkylation sites (N-methyl/N-ethyl adjacent to an activating group) is 1. The molecule has 1 aliphatic heterocycles. The highest BCUT2D eigenvalue weighted by Gasteiger charge is 2.18. The van der Waals surface area contributed by atoms with Gasteiger partial charge in [0.15, 0.2) is 0 Å². The van der Waals surface area contributed by atoms with Crippen LogP contribution in [0.2, 0.25) is 5.02 Å². The number of nitrogens with one attached hydrogen (secondary N) is 2. The van der Waals surface area contributed by atoms with Crippen LogP contribution in [-0.4, -0.2) is 67.1 Å². The molecule has 1 fully saturated rings. The average Bonchev–Trinajstić information content (AvgIpc) is 2.79. The van der Waals surface area contributed by atoms with Crippen LogP contribution in [0.4, 0.5) is 11.5 Å². The van der Waals surface area contributed by atoms with Gasteiger partial charge in [0, 0.05) is 31.6 Å². The molecule has 0 unspecified atom stereocenters. The molecule has 166 valence electrons. The number of carbonyl (C=O) groups excluding carboxylic acids is 2. The Kier molecular flexibility index (Phi) is 6.11. The number of ether oxygens (including phenoxy) is 1. The zero-order valence-electron chi connectivity index (χ0n) is 17.6. The fraction of sp³-hybridized carbons (Fsp3) is 0.273. The molecule has 32 heavy (non-hydrogen) atoms. The van der Waals surface area contributed by atoms with Crippen LogP contribution in [-0.2, 0) is 4.74 Å². The van der Waals surface area contributed by atoms with Crippen molar-refractivity contribution in [1.82, 2.24) is 14.9 Å². The monoisotopic (exact) mass is 455 g/mol. The van der Waals surface area contributed by atoms with E-state index in [1.165, 1.54) is 31.4 Å². The standard InChI is InChI=1S/C22H22ClN5O4/c1-27-7-9-28(10-8-27)18-6-4-13-11-15(21(30)26-19(13)25-18)20(29)24-17-12-14(22(31)32-2)3-5-16(17)23/h3-6,11-12H,7-10H2,1-2H3,(H,24,29)(H,25,26,30). The number of hydrogen-bond acceptors (Lipinski definition) is 7. The van der Waals surface area contributed by atoms with E-state index < -0.39 is 17.4 Å². The molecule has 0 radical (unpaired) electrons. The van der Waals surface area contributed by atoms with Gasteiger partial charge in [-0.1, -0.05) is 11.6 Å². The van der Waals surface area contributed by atoms with E-state index in [4.69, 9.17) is 11.6 Å². The Morgan fingerprint density at radius 1 is 1.12 bits per heavy atom. The second-order valence-electron chi connectivity index (χ2n) is 7.55. The molecular formula is C22H22ClN5O4. The van der Waals surface area contributed by atoms with Crippen LogP contribution in [0.25, 0.3) is 11.0 Å². The topological polar surface area (TPSA) is 108 Å². The van der Waals surface area contributed by atoms with Gasteiger partial charge in [-0.15, -0.1) is 0 Å². The Bertz CT molecular complexity index is 1250. The van der Waals surface area contributed by atoms with Gasteiger partial charge in [-0.3, -0.25) is 9.59 Å². The van der Waals surface area contributed by atoms with Crippen molar-refractivity contribution < 1.29 is 14.3 Å². The van der Waals surface area contributed by atoms with Gasteiger partial charge in [-0.05, 0) is 43.4 Å². The molecule has 1 aliphatic rings. The number of H-pyrrole nitrogens is 1. The van der Waals surface area contributed by atoms with E-state index in [1.54, 1.807) is 0 Å². The van der Waals surface area contributed by atoms with Gasteiger partial charge in [0.25, 0.3) is 11.5 Å². The van der Waals surface area contributed by atoms with Crippen molar-refractivity contribution in [3.05, 3.63) is 62.9 Å². The molecule has 10 heteroatoms. The number of esters is 1. The smallest absolute Gasteiger partial charge is 0.337 e. The zero-order valence-corrected chi connectivity index (χ0v) is 18.4. The molecule has 0 aliphatic carbocycles. The molecule has 0 saturated carbocycles. The minimum absolute atomic E-state index is 0.0915. The molecule has 2 aromatic heterocycles. The Labute approximate surface area is 188 Å². The minimum atomic E-state index is -0.653. The lowest BCUT2D eigenvalue weighted by Crippen LogP contribution is -2.44. The Balaban J connectivity index is 1.60. The number of fused-ring (bicyclic) bond motifs is 1. The van der Waals surface area contributed by atoms with E-state index in [-0.39, 0.29) is 21.8 Å². The highest BCUT2D eigenvalue weighted by atomic mass is 35.5. The number of hydrogen-bond donors (Lipinski definition) is 2. The molecule has 3 heterocycles. The summed E-state index contributed by atoms with van der Waals surface area (Å²) in [5.41, 5.74) is 0.168. The number of benzene rings is 1. The lowest BCUT2D eigenvalue weighted by Gasteiger charge is -2.33. The number of pyridine rings is 2. The van der Waals surface area contributed by atoms with Crippen molar-refractivity contribution in [1.29, 1.82) is 0 Å². The van der Waals surface area contributed by atoms with Crippen molar-refractivity contribution in [2.75, 3.05) is 50.6 Å². The number of halogens is 1. The van der Waals surface area contributed by atoms with Crippen LogP contribution in [0, 0.1) is 0 Å². The third-order valence-corrected chi connectivity index (χ3v) is 5.73. The van der Waals surface area contributed by atoms with E-state index in [0.717, 1.165) is 32.0 Å². The molecule has 3 aromatic rings. The molecular weight excluding hydrogens is 434 g/mol. The molecule has 0 spiro atoms. The van der Waals surface area contributed by atoms with Crippen LogP contribution < -0.4 is 15.8 Å². The van der Waals surface area contributed by atoms with Gasteiger partial charge < -0.3 is 24.8 Å². The first-order valence-corrected chi connectivity index (χ1v) is 10.4. The fourth-order valence-electron chi connectivity index (χ4n) is 3.51. The molecule has 1 amide bonds. The highest BCUT2D eigenvalue weighted by Crippen LogP contribution is 2.24. The van der Waals surface area contributed by atoms with Crippen molar-refractivity contribution in [2.45, 2.75) is 0 Å². The average molecular weight is 456 g/mol. The lowest BCUT2D eigenvalue weighted by atomic mass is 10.1. The maximum absolute atomic E-state index is 12.8. The van der Waals surface area contributed by atoms with Gasteiger partial charge in [-0.2, -0.15) is 0 Å². The molecule has 1 saturated heterocycles. The normalized spacial score (nSPS) is 14.4. The van der Waals surface area contributed by atoms with Gasteiger partial charge >= 0.3 is 5.97 Å². The number of anilines is 2. The first kappa shape index (κ1) is 21.8. The van der Waals surface area contributed by atoms with Crippen LogP contribution >= 0.6 is 11.6 Å². The van der Waals surface area contributed by atoms with Gasteiger partial charge in [0.1, 0.15) is 17.0 Å². The van der Waals surface area contributed by atoms with Crippen molar-refractivity contribution in [2.24, 2.45) is 0 Å². The Hall–Kier alpha value is -3.43. The number of aromatic amines is 1. The number of amides is 1. The summed E-state index contributed by atoms with van der Waals surface area (Å²) < 4.78 is 4.68. The van der Waals surface area contributed by atoms with Crippen molar-refractivity contribution in [3.8, 4) is 0 Å². The maximum atomic E-state index is 12.8. The van der Waals surface area contributed by atoms with E-state index >= 15 is 0 Å². The van der Waals surface area contributed by atoms with Gasteiger partial charge in [-0.25, -0.2) is 9.78 Å². The van der Waals surface area contributed by atoms with E-state index in [1.807, 2.05) is 12.1 Å². The third-order valence-electron chi connectivity index (χ3n) is 5.40. The second-order valence-corrected chi connectivity index (χ2v) is 7.96. The summed E-state index contributed by atoms with van der Waals surface area (Å²) in [6.07, 6.45) is 0. The lowest BCUT2D eigenvalue weighted by molar-refractivity contribution is 0.0600. The first-order valence-electron chi connectivity index (χ1n) is 10.0. The highest BCUT2D eigenvalue weighted by molar-refractivity contribution is 6.34. The maximum Gasteiger partial charge on any atom is 0.337 e. The van der Waals surface area contributed by atoms with Crippen LogP contribution in [0.5, 0.6) is 0 Å². The van der Waals surface area contributed by atoms with E-state index in [0.29, 0.717) is 11.0 Å². The summed E-state index contributed by atoms with van der Waals surface area (Å²) in [6, 6.07) is 9.54. The van der Waals surface area contributed by atoms with E-state index in [9.17, 15) is 14.4 Å². The molecule has 4 rings (SSSR count). The number of methoxy groups -OCH3 is 1. The minimum Gasteiger partial charge on any atom is -0.465 e. The van der Waals surface area contributed by atoms with Crippen LogP contribution in [0.1, 0.15) is 20.7 Å². The summed E-state index contributed by atoms with van der Waals surface area (Å²) in [5, 5.41) is 3.44. The summed E-state index contributed by atoms with van der Waals surface area (Å²) >= 11 is 6.14. The number of aromatic nitrogens is 2. The molecule has 0 bridgehead atoms. The van der Waals surface area contributed by atoms with Crippen LogP contribution in [0.3, 0.4) is 0 Å². The number of piperazine rings is 1. The third kappa shape index (κ3) is 4.44. The van der Waals surface area contributed by atoms with Gasteiger partial charge in [0.2, 0.25) is 0 Å². The summed E-state index contributed by atoms with van der Waals surface area (Å²) in [4.78, 5) is 48.8. The number of nitrogens with zero attached hydrogens (tertiary/aromatic N) is 3. The largest absolute Gasteiger partial charge is 0.465 e. The predicted octanol–water partition coefficient (Wildman–Crippen LogP) is 2.37. The van der Waals surface area contributed by atoms with E-state index in [2.05, 4.69) is 36.9 Å². The quantitative estimate of drug-likeness (QED) is 0.581. The fourth-order valence-corrected chi connectivity index (χ4v) is 3.67. The number of rotatable bonds is 4. The summed E-state index contributed by atoms with van der Waals surface area (Å²) in [5.74, 6) is -0.437. The number of carbonyl (C=O) groups is 2. The first-order chi connectivity index (χ1) is 15.4. The van der Waals surface area contributed by atoms with Gasteiger partial charge in [0.05, 0.1) is 23.4 Å². The molecule has 0 atom stereocenters. The zero-order chi connectivity index (χ0) is 22.8. The molecule has 2 N–H and O–H groups in total. The second kappa shape index (κ2) is 8.97. The predicted molar refractivity (Wildman–Crippen MR) is 123 cm³/mol. The summed E-state index contributed by atoms with van der Waals surface area (Å²) in [6.45, 7) is 3.58. The van der Waals surface area contributed by atoms with Crippen molar-refractivity contribution >= 4 is 46.0 Å². The van der Waals surface area contributed by atoms with Crippen molar-refractivity contribution in [3.63, 3.8) is 0 Å². The molecule has 9 nitrogen and oxygen atoms in total.